The molecule has 5 atom stereocenters. The molecule has 1 aliphatic heterocycles. The Morgan fingerprint density at radius 2 is 0.865 bits per heavy atom. The number of aliphatic hydroxyl groups excluding tert-OH is 4. The van der Waals surface area contributed by atoms with Crippen LogP contribution in [-0.4, -0.2) is 64.3 Å². The Bertz CT molecular complexity index is 477. The van der Waals surface area contributed by atoms with E-state index in [1.165, 1.54) is 135 Å². The van der Waals surface area contributed by atoms with E-state index in [4.69, 9.17) is 14.6 Å². The molecule has 0 amide bonds. The summed E-state index contributed by atoms with van der Waals surface area (Å²) in [7, 11) is 0. The Labute approximate surface area is 228 Å². The van der Waals surface area contributed by atoms with Gasteiger partial charge >= 0.3 is 0 Å². The van der Waals surface area contributed by atoms with Crippen LogP contribution >= 0.6 is 0 Å². The molecule has 37 heavy (non-hydrogen) atoms. The van der Waals surface area contributed by atoms with E-state index in [-0.39, 0.29) is 0 Å². The summed E-state index contributed by atoms with van der Waals surface area (Å²) in [5, 5.41) is 39.0. The normalized spacial score (nSPS) is 24.1. The molecule has 6 heteroatoms. The highest BCUT2D eigenvalue weighted by atomic mass is 16.7. The first kappa shape index (κ1) is 34.8. The maximum Gasteiger partial charge on any atom is 0.184 e. The standard InChI is InChI=1S/C31H62O6/c1-2-3-4-5-6-7-8-9-10-11-12-13-14-15-16-17-18-19-20-21-22-23-24-25-36-30-29(34)28(33)27(26-32)37-31(30)35/h27-35H,2-26H2,1H3/t27-,28-,29+,30-,31-/m1/s1. The molecule has 1 aliphatic rings. The molecule has 222 valence electrons. The molecule has 0 aromatic carbocycles. The maximum atomic E-state index is 10.1. The highest BCUT2D eigenvalue weighted by molar-refractivity contribution is 4.89. The van der Waals surface area contributed by atoms with E-state index in [0.717, 1.165) is 12.8 Å². The zero-order chi connectivity index (χ0) is 27.0. The van der Waals surface area contributed by atoms with Crippen molar-refractivity contribution in [3.8, 4) is 0 Å². The van der Waals surface area contributed by atoms with E-state index >= 15 is 0 Å². The van der Waals surface area contributed by atoms with Crippen molar-refractivity contribution >= 4 is 0 Å². The Kier molecular flexibility index (Phi) is 23.3. The van der Waals surface area contributed by atoms with E-state index in [2.05, 4.69) is 6.92 Å². The first-order valence-electron chi connectivity index (χ1n) is 16.0. The second-order valence-electron chi connectivity index (χ2n) is 11.3. The van der Waals surface area contributed by atoms with Gasteiger partial charge in [0.1, 0.15) is 24.4 Å². The van der Waals surface area contributed by atoms with Gasteiger partial charge in [-0.1, -0.05) is 148 Å². The average Bonchev–Trinajstić information content (AvgIpc) is 2.90. The Morgan fingerprint density at radius 3 is 1.22 bits per heavy atom. The largest absolute Gasteiger partial charge is 0.394 e. The highest BCUT2D eigenvalue weighted by Gasteiger charge is 2.44. The first-order valence-corrected chi connectivity index (χ1v) is 16.0. The fourth-order valence-electron chi connectivity index (χ4n) is 5.36. The van der Waals surface area contributed by atoms with Crippen molar-refractivity contribution < 1.29 is 29.9 Å². The van der Waals surface area contributed by atoms with Crippen LogP contribution in [0.5, 0.6) is 0 Å². The Hall–Kier alpha value is -0.240. The van der Waals surface area contributed by atoms with Crippen molar-refractivity contribution in [3.63, 3.8) is 0 Å². The van der Waals surface area contributed by atoms with Crippen LogP contribution in [0.3, 0.4) is 0 Å². The third-order valence-electron chi connectivity index (χ3n) is 7.90. The van der Waals surface area contributed by atoms with Crippen molar-refractivity contribution in [2.75, 3.05) is 13.2 Å². The minimum atomic E-state index is -1.33. The predicted octanol–water partition coefficient (Wildman–Crippen LogP) is 6.80. The minimum absolute atomic E-state index is 0.415. The van der Waals surface area contributed by atoms with Crippen molar-refractivity contribution in [2.24, 2.45) is 0 Å². The lowest BCUT2D eigenvalue weighted by atomic mass is 9.99. The molecule has 0 aromatic heterocycles. The summed E-state index contributed by atoms with van der Waals surface area (Å²) in [5.74, 6) is 0. The van der Waals surface area contributed by atoms with Gasteiger partial charge in [-0.3, -0.25) is 0 Å². The van der Waals surface area contributed by atoms with Gasteiger partial charge in [-0.05, 0) is 6.42 Å². The Morgan fingerprint density at radius 1 is 0.514 bits per heavy atom. The van der Waals surface area contributed by atoms with Gasteiger partial charge in [0.25, 0.3) is 0 Å². The molecule has 4 N–H and O–H groups in total. The van der Waals surface area contributed by atoms with E-state index in [1.54, 1.807) is 0 Å². The number of aliphatic hydroxyl groups is 4. The number of hydrogen-bond donors (Lipinski definition) is 4. The van der Waals surface area contributed by atoms with Crippen LogP contribution in [0.25, 0.3) is 0 Å². The van der Waals surface area contributed by atoms with Crippen molar-refractivity contribution in [2.45, 2.75) is 185 Å². The number of rotatable bonds is 26. The van der Waals surface area contributed by atoms with Gasteiger partial charge in [-0.2, -0.15) is 0 Å². The number of ether oxygens (including phenoxy) is 2. The topological polar surface area (TPSA) is 99.4 Å². The third kappa shape index (κ3) is 17.9. The molecule has 0 spiro atoms. The summed E-state index contributed by atoms with van der Waals surface area (Å²) in [5.41, 5.74) is 0. The molecule has 0 aromatic rings. The molecule has 0 aliphatic carbocycles. The lowest BCUT2D eigenvalue weighted by Crippen LogP contribution is -2.59. The van der Waals surface area contributed by atoms with Gasteiger partial charge in [0.05, 0.1) is 6.61 Å². The molecular weight excluding hydrogens is 468 g/mol. The van der Waals surface area contributed by atoms with Crippen molar-refractivity contribution in [3.05, 3.63) is 0 Å². The summed E-state index contributed by atoms with van der Waals surface area (Å²) in [4.78, 5) is 0. The fraction of sp³-hybridized carbons (Fsp3) is 1.00. The van der Waals surface area contributed by atoms with E-state index < -0.39 is 37.3 Å². The molecule has 0 saturated carbocycles. The zero-order valence-corrected chi connectivity index (χ0v) is 24.2. The highest BCUT2D eigenvalue weighted by Crippen LogP contribution is 2.22. The van der Waals surface area contributed by atoms with E-state index in [0.29, 0.717) is 6.61 Å². The molecule has 1 fully saturated rings. The molecule has 6 nitrogen and oxygen atoms in total. The summed E-state index contributed by atoms with van der Waals surface area (Å²) >= 11 is 0. The molecular formula is C31H62O6. The monoisotopic (exact) mass is 530 g/mol. The van der Waals surface area contributed by atoms with Gasteiger partial charge in [0.15, 0.2) is 6.29 Å². The zero-order valence-electron chi connectivity index (χ0n) is 24.2. The molecule has 0 bridgehead atoms. The molecule has 0 radical (unpaired) electrons. The SMILES string of the molecule is CCCCCCCCCCCCCCCCCCCCCCCCCO[C@@H]1[C@@H](O)[C@H](O)[C@@H](CO)O[C@H]1O. The average molecular weight is 531 g/mol. The Balaban J connectivity index is 1.75. The fourth-order valence-corrected chi connectivity index (χ4v) is 5.36. The number of unbranched alkanes of at least 4 members (excludes halogenated alkanes) is 22. The van der Waals surface area contributed by atoms with Crippen molar-refractivity contribution in [1.29, 1.82) is 0 Å². The van der Waals surface area contributed by atoms with Gasteiger partial charge in [-0.15, -0.1) is 0 Å². The van der Waals surface area contributed by atoms with Crippen LogP contribution < -0.4 is 0 Å². The molecule has 1 heterocycles. The quantitative estimate of drug-likeness (QED) is 0.0919. The van der Waals surface area contributed by atoms with Crippen LogP contribution in [0, 0.1) is 0 Å². The molecule has 0 unspecified atom stereocenters. The number of hydrogen-bond acceptors (Lipinski definition) is 6. The van der Waals surface area contributed by atoms with Crippen LogP contribution in [0.15, 0.2) is 0 Å². The second-order valence-corrected chi connectivity index (χ2v) is 11.3. The summed E-state index contributed by atoms with van der Waals surface area (Å²) in [6.07, 6.45) is 25.3. The van der Waals surface area contributed by atoms with E-state index in [1.807, 2.05) is 0 Å². The summed E-state index contributed by atoms with van der Waals surface area (Å²) in [6.45, 7) is 2.24. The molecule has 1 rings (SSSR count). The maximum absolute atomic E-state index is 10.1. The second kappa shape index (κ2) is 24.8. The van der Waals surface area contributed by atoms with Crippen molar-refractivity contribution in [1.82, 2.24) is 0 Å². The molecule has 1 saturated heterocycles. The van der Waals surface area contributed by atoms with Gasteiger partial charge in [-0.25, -0.2) is 0 Å². The summed E-state index contributed by atoms with van der Waals surface area (Å²) in [6, 6.07) is 0. The van der Waals surface area contributed by atoms with Gasteiger partial charge < -0.3 is 29.9 Å². The van der Waals surface area contributed by atoms with Crippen LogP contribution in [0.4, 0.5) is 0 Å². The van der Waals surface area contributed by atoms with E-state index in [9.17, 15) is 15.3 Å². The van der Waals surface area contributed by atoms with Crippen LogP contribution in [-0.2, 0) is 9.47 Å². The lowest BCUT2D eigenvalue weighted by molar-refractivity contribution is -0.296. The minimum Gasteiger partial charge on any atom is -0.394 e. The van der Waals surface area contributed by atoms with Crippen LogP contribution in [0.2, 0.25) is 0 Å². The lowest BCUT2D eigenvalue weighted by Gasteiger charge is -2.39. The summed E-state index contributed by atoms with van der Waals surface area (Å²) < 4.78 is 10.7. The van der Waals surface area contributed by atoms with Gasteiger partial charge in [0.2, 0.25) is 0 Å². The van der Waals surface area contributed by atoms with Gasteiger partial charge in [0, 0.05) is 6.61 Å². The van der Waals surface area contributed by atoms with Crippen LogP contribution in [0.1, 0.15) is 155 Å². The first-order chi connectivity index (χ1) is 18.1. The predicted molar refractivity (Wildman–Crippen MR) is 152 cm³/mol. The third-order valence-corrected chi connectivity index (χ3v) is 7.90. The smallest absolute Gasteiger partial charge is 0.184 e.